The molecule has 0 aliphatic rings. The van der Waals surface area contributed by atoms with Gasteiger partial charge in [-0.15, -0.1) is 0 Å². The van der Waals surface area contributed by atoms with Gasteiger partial charge in [-0.1, -0.05) is 128 Å². The van der Waals surface area contributed by atoms with Crippen LogP contribution in [0.5, 0.6) is 0 Å². The van der Waals surface area contributed by atoms with Gasteiger partial charge in [-0.2, -0.15) is 0 Å². The van der Waals surface area contributed by atoms with Gasteiger partial charge in [0.15, 0.2) is 0 Å². The van der Waals surface area contributed by atoms with Gasteiger partial charge in [0, 0.05) is 38.4 Å². The van der Waals surface area contributed by atoms with Crippen molar-refractivity contribution < 1.29 is 0 Å². The zero-order valence-electron chi connectivity index (χ0n) is 29.2. The maximum Gasteiger partial charge on any atom is 0.235 e. The Morgan fingerprint density at radius 1 is 0.528 bits per heavy atom. The van der Waals surface area contributed by atoms with E-state index in [0.717, 1.165) is 72.2 Å². The molecule has 4 nitrogen and oxygen atoms in total. The summed E-state index contributed by atoms with van der Waals surface area (Å²) in [5.41, 5.74) is 11.6. The van der Waals surface area contributed by atoms with Gasteiger partial charge in [0.1, 0.15) is 0 Å². The number of hydrogen-bond acceptors (Lipinski definition) is 2. The molecular formula is C49H34N4. The summed E-state index contributed by atoms with van der Waals surface area (Å²) in [4.78, 5) is 10.8. The molecule has 3 aromatic heterocycles. The van der Waals surface area contributed by atoms with Gasteiger partial charge >= 0.3 is 0 Å². The SMILES string of the molecule is C=Cc1c(/C=C\C)n(-c2nc(-c3ccccc3)c3ccc(-c4ccc5ccccc5c4)cc3n2)c2ccc3c(c4ccccc4n3-c3ccccc3)c12. The van der Waals surface area contributed by atoms with E-state index in [1.807, 2.05) is 12.1 Å². The number of para-hydroxylation sites is 2. The van der Waals surface area contributed by atoms with Gasteiger partial charge in [-0.05, 0) is 83.4 Å². The summed E-state index contributed by atoms with van der Waals surface area (Å²) in [6, 6.07) is 55.8. The molecule has 0 spiro atoms. The second-order valence-corrected chi connectivity index (χ2v) is 13.4. The predicted molar refractivity (Wildman–Crippen MR) is 224 cm³/mol. The molecule has 0 bridgehead atoms. The van der Waals surface area contributed by atoms with E-state index < -0.39 is 0 Å². The fourth-order valence-corrected chi connectivity index (χ4v) is 8.07. The zero-order valence-corrected chi connectivity index (χ0v) is 29.2. The van der Waals surface area contributed by atoms with Crippen LogP contribution >= 0.6 is 0 Å². The summed E-state index contributed by atoms with van der Waals surface area (Å²) in [6.07, 6.45) is 6.22. The van der Waals surface area contributed by atoms with Gasteiger partial charge in [-0.25, -0.2) is 9.97 Å². The molecule has 0 radical (unpaired) electrons. The van der Waals surface area contributed by atoms with Crippen LogP contribution in [0.3, 0.4) is 0 Å². The van der Waals surface area contributed by atoms with Gasteiger partial charge < -0.3 is 4.57 Å². The molecule has 53 heavy (non-hydrogen) atoms. The van der Waals surface area contributed by atoms with Crippen molar-refractivity contribution in [1.29, 1.82) is 0 Å². The van der Waals surface area contributed by atoms with Crippen molar-refractivity contribution in [1.82, 2.24) is 19.1 Å². The minimum atomic E-state index is 0.615. The second kappa shape index (κ2) is 12.3. The Morgan fingerprint density at radius 2 is 1.21 bits per heavy atom. The van der Waals surface area contributed by atoms with Crippen molar-refractivity contribution in [3.63, 3.8) is 0 Å². The number of aromatic nitrogens is 4. The summed E-state index contributed by atoms with van der Waals surface area (Å²) in [5.74, 6) is 0.615. The van der Waals surface area contributed by atoms with Gasteiger partial charge in [0.2, 0.25) is 5.95 Å². The normalized spacial score (nSPS) is 11.9. The number of fused-ring (bicyclic) bond motifs is 7. The van der Waals surface area contributed by atoms with Crippen molar-refractivity contribution in [2.24, 2.45) is 0 Å². The molecule has 10 rings (SSSR count). The summed E-state index contributed by atoms with van der Waals surface area (Å²) in [6.45, 7) is 6.42. The molecule has 7 aromatic carbocycles. The van der Waals surface area contributed by atoms with Crippen LogP contribution in [0.1, 0.15) is 18.2 Å². The molecule has 0 unspecified atom stereocenters. The minimum absolute atomic E-state index is 0.615. The van der Waals surface area contributed by atoms with Gasteiger partial charge in [-0.3, -0.25) is 4.57 Å². The van der Waals surface area contributed by atoms with Crippen LogP contribution in [0.25, 0.3) is 101 Å². The van der Waals surface area contributed by atoms with Crippen molar-refractivity contribution in [3.05, 3.63) is 182 Å². The molecular weight excluding hydrogens is 645 g/mol. The molecule has 0 saturated heterocycles. The summed E-state index contributed by atoms with van der Waals surface area (Å²) >= 11 is 0. The Morgan fingerprint density at radius 3 is 2.00 bits per heavy atom. The van der Waals surface area contributed by atoms with E-state index in [1.165, 1.54) is 21.5 Å². The van der Waals surface area contributed by atoms with Gasteiger partial charge in [0.25, 0.3) is 0 Å². The van der Waals surface area contributed by atoms with Crippen LogP contribution in [0.4, 0.5) is 0 Å². The molecule has 0 amide bonds. The van der Waals surface area contributed by atoms with Gasteiger partial charge in [0.05, 0.1) is 33.5 Å². The van der Waals surface area contributed by atoms with E-state index in [0.29, 0.717) is 5.95 Å². The van der Waals surface area contributed by atoms with Crippen LogP contribution in [0.15, 0.2) is 170 Å². The summed E-state index contributed by atoms with van der Waals surface area (Å²) in [7, 11) is 0. The van der Waals surface area contributed by atoms with E-state index in [1.54, 1.807) is 0 Å². The van der Waals surface area contributed by atoms with Crippen molar-refractivity contribution in [3.8, 4) is 34.0 Å². The topological polar surface area (TPSA) is 35.6 Å². The number of benzene rings is 7. The molecule has 0 N–H and O–H groups in total. The van der Waals surface area contributed by atoms with Crippen LogP contribution in [0.2, 0.25) is 0 Å². The standard InChI is InChI=1S/C49H34N4/c1-3-15-42-38(4-2)46-45(29-28-44-47(46)40-22-13-14-23-43(40)52(44)37-20-9-6-10-21-37)53(42)49-50-41-31-36(35-25-24-32-16-11-12-19-34(32)30-35)26-27-39(41)48(51-49)33-17-7-5-8-18-33/h3-31H,2H2,1H3/b15-3-. The third kappa shape index (κ3) is 4.84. The molecule has 0 aliphatic heterocycles. The molecule has 0 atom stereocenters. The molecule has 0 saturated carbocycles. The second-order valence-electron chi connectivity index (χ2n) is 13.4. The minimum Gasteiger partial charge on any atom is -0.309 e. The predicted octanol–water partition coefficient (Wildman–Crippen LogP) is 12.8. The average Bonchev–Trinajstić information content (AvgIpc) is 3.73. The number of allylic oxidation sites excluding steroid dienone is 1. The lowest BCUT2D eigenvalue weighted by atomic mass is 9.99. The van der Waals surface area contributed by atoms with Crippen molar-refractivity contribution in [2.75, 3.05) is 0 Å². The quantitative estimate of drug-likeness (QED) is 0.175. The average molecular weight is 679 g/mol. The van der Waals surface area contributed by atoms with Crippen LogP contribution < -0.4 is 0 Å². The maximum atomic E-state index is 5.40. The largest absolute Gasteiger partial charge is 0.309 e. The third-order valence-electron chi connectivity index (χ3n) is 10.4. The summed E-state index contributed by atoms with van der Waals surface area (Å²) < 4.78 is 4.58. The maximum absolute atomic E-state index is 5.40. The summed E-state index contributed by atoms with van der Waals surface area (Å²) in [5, 5.41) is 6.95. The fourth-order valence-electron chi connectivity index (χ4n) is 8.07. The van der Waals surface area contributed by atoms with Crippen LogP contribution in [-0.4, -0.2) is 19.1 Å². The molecule has 250 valence electrons. The molecule has 3 heterocycles. The number of nitrogens with zero attached hydrogens (tertiary/aromatic N) is 4. The molecule has 0 fully saturated rings. The lowest BCUT2D eigenvalue weighted by Crippen LogP contribution is -2.05. The van der Waals surface area contributed by atoms with E-state index in [-0.39, 0.29) is 0 Å². The highest BCUT2D eigenvalue weighted by Gasteiger charge is 2.24. The zero-order chi connectivity index (χ0) is 35.5. The molecule has 0 aliphatic carbocycles. The first-order valence-electron chi connectivity index (χ1n) is 18.0. The van der Waals surface area contributed by atoms with E-state index in [2.05, 4.69) is 186 Å². The smallest absolute Gasteiger partial charge is 0.235 e. The van der Waals surface area contributed by atoms with E-state index >= 15 is 0 Å². The Kier molecular flexibility index (Phi) is 7.15. The first-order chi connectivity index (χ1) is 26.2. The Hall–Kier alpha value is -7.04. The van der Waals surface area contributed by atoms with E-state index in [4.69, 9.17) is 9.97 Å². The number of hydrogen-bond donors (Lipinski definition) is 0. The monoisotopic (exact) mass is 678 g/mol. The fraction of sp³-hybridized carbons (Fsp3) is 0.0204. The lowest BCUT2D eigenvalue weighted by molar-refractivity contribution is 0.972. The number of rotatable bonds is 6. The lowest BCUT2D eigenvalue weighted by Gasteiger charge is -2.14. The highest BCUT2D eigenvalue weighted by Crippen LogP contribution is 2.42. The van der Waals surface area contributed by atoms with E-state index in [9.17, 15) is 0 Å². The Balaban J connectivity index is 1.29. The van der Waals surface area contributed by atoms with Crippen molar-refractivity contribution in [2.45, 2.75) is 6.92 Å². The highest BCUT2D eigenvalue weighted by atomic mass is 15.2. The van der Waals surface area contributed by atoms with Crippen molar-refractivity contribution >= 4 is 66.5 Å². The molecule has 10 aromatic rings. The molecule has 4 heteroatoms. The first-order valence-corrected chi connectivity index (χ1v) is 18.0. The van der Waals surface area contributed by atoms with Crippen LogP contribution in [0, 0.1) is 0 Å². The Labute approximate surface area is 307 Å². The first kappa shape index (κ1) is 30.8. The third-order valence-corrected chi connectivity index (χ3v) is 10.4. The van der Waals surface area contributed by atoms with Crippen LogP contribution in [-0.2, 0) is 0 Å². The Bertz CT molecular complexity index is 3070. The highest BCUT2D eigenvalue weighted by molar-refractivity contribution is 6.24.